The summed E-state index contributed by atoms with van der Waals surface area (Å²) in [5.74, 6) is -0.556. The van der Waals surface area contributed by atoms with Crippen LogP contribution in [0.2, 0.25) is 0 Å². The fourth-order valence-electron chi connectivity index (χ4n) is 2.35. The van der Waals surface area contributed by atoms with Crippen molar-refractivity contribution in [3.05, 3.63) is 35.6 Å². The van der Waals surface area contributed by atoms with Crippen molar-refractivity contribution in [2.24, 2.45) is 5.73 Å². The number of nitrogens with one attached hydrogen (secondary N) is 1. The van der Waals surface area contributed by atoms with Gasteiger partial charge >= 0.3 is 0 Å². The number of amides is 1. The van der Waals surface area contributed by atoms with Crippen LogP contribution >= 0.6 is 0 Å². The fourth-order valence-corrected chi connectivity index (χ4v) is 2.35. The van der Waals surface area contributed by atoms with Gasteiger partial charge in [-0.25, -0.2) is 4.39 Å². The molecule has 0 aliphatic heterocycles. The Morgan fingerprint density at radius 3 is 2.55 bits per heavy atom. The summed E-state index contributed by atoms with van der Waals surface area (Å²) in [4.78, 5) is 11.7. The third kappa shape index (κ3) is 4.58. The van der Waals surface area contributed by atoms with Crippen molar-refractivity contribution in [3.8, 4) is 0 Å². The Kier molecular flexibility index (Phi) is 5.49. The highest BCUT2D eigenvalue weighted by Gasteiger charge is 2.18. The van der Waals surface area contributed by atoms with E-state index in [1.807, 2.05) is 0 Å². The number of halogens is 1. The second-order valence-corrected chi connectivity index (χ2v) is 5.17. The fraction of sp³-hybridized carbons (Fsp3) is 0.533. The molecule has 0 atom stereocenters. The van der Waals surface area contributed by atoms with Crippen LogP contribution in [0, 0.1) is 5.82 Å². The van der Waals surface area contributed by atoms with Crippen LogP contribution in [0.5, 0.6) is 0 Å². The first-order valence-corrected chi connectivity index (χ1v) is 7.06. The molecule has 1 amide bonds. The second kappa shape index (κ2) is 7.36. The van der Waals surface area contributed by atoms with Gasteiger partial charge in [0, 0.05) is 18.2 Å². The van der Waals surface area contributed by atoms with E-state index in [4.69, 9.17) is 10.5 Å². The van der Waals surface area contributed by atoms with E-state index in [1.54, 1.807) is 0 Å². The van der Waals surface area contributed by atoms with Crippen LogP contribution in [0.15, 0.2) is 24.3 Å². The highest BCUT2D eigenvalue weighted by atomic mass is 19.1. The number of hydrogen-bond acceptors (Lipinski definition) is 3. The van der Waals surface area contributed by atoms with E-state index in [9.17, 15) is 9.18 Å². The summed E-state index contributed by atoms with van der Waals surface area (Å²) < 4.78 is 18.4. The maximum atomic E-state index is 12.7. The highest BCUT2D eigenvalue weighted by molar-refractivity contribution is 5.94. The topological polar surface area (TPSA) is 64.3 Å². The van der Waals surface area contributed by atoms with E-state index < -0.39 is 0 Å². The zero-order chi connectivity index (χ0) is 14.4. The molecule has 0 bridgehead atoms. The van der Waals surface area contributed by atoms with Gasteiger partial charge < -0.3 is 15.8 Å². The zero-order valence-corrected chi connectivity index (χ0v) is 11.5. The number of carbonyl (C=O) groups is 1. The van der Waals surface area contributed by atoms with E-state index in [2.05, 4.69) is 5.32 Å². The second-order valence-electron chi connectivity index (χ2n) is 5.17. The maximum absolute atomic E-state index is 12.7. The van der Waals surface area contributed by atoms with Crippen LogP contribution in [-0.4, -0.2) is 31.2 Å². The van der Waals surface area contributed by atoms with Crippen LogP contribution in [0.1, 0.15) is 36.0 Å². The molecule has 1 aliphatic carbocycles. The summed E-state index contributed by atoms with van der Waals surface area (Å²) >= 11 is 0. The van der Waals surface area contributed by atoms with Crippen LogP contribution in [0.4, 0.5) is 4.39 Å². The van der Waals surface area contributed by atoms with Gasteiger partial charge in [-0.15, -0.1) is 0 Å². The minimum absolute atomic E-state index is 0.209. The van der Waals surface area contributed by atoms with Crippen LogP contribution in [0.3, 0.4) is 0 Å². The maximum Gasteiger partial charge on any atom is 0.251 e. The number of nitrogens with two attached hydrogens (primary N) is 1. The molecule has 0 unspecified atom stereocenters. The van der Waals surface area contributed by atoms with Crippen molar-refractivity contribution in [2.75, 3.05) is 13.2 Å². The third-order valence-corrected chi connectivity index (χ3v) is 3.57. The SMILES string of the molecule is NC1CCC(OCCNC(=O)c2ccc(F)cc2)CC1. The van der Waals surface area contributed by atoms with Gasteiger partial charge in [0.2, 0.25) is 0 Å². The summed E-state index contributed by atoms with van der Waals surface area (Å²) in [5, 5.41) is 2.76. The smallest absolute Gasteiger partial charge is 0.251 e. The lowest BCUT2D eigenvalue weighted by Gasteiger charge is -2.26. The molecule has 2 rings (SSSR count). The van der Waals surface area contributed by atoms with E-state index >= 15 is 0 Å². The summed E-state index contributed by atoms with van der Waals surface area (Å²) in [5.41, 5.74) is 6.28. The molecule has 0 aromatic heterocycles. The van der Waals surface area contributed by atoms with Gasteiger partial charge in [-0.1, -0.05) is 0 Å². The number of benzene rings is 1. The van der Waals surface area contributed by atoms with Crippen molar-refractivity contribution in [1.29, 1.82) is 0 Å². The summed E-state index contributed by atoms with van der Waals surface area (Å²) in [6.45, 7) is 0.950. The lowest BCUT2D eigenvalue weighted by molar-refractivity contribution is 0.0267. The quantitative estimate of drug-likeness (QED) is 0.809. The minimum Gasteiger partial charge on any atom is -0.376 e. The van der Waals surface area contributed by atoms with Gasteiger partial charge in [0.1, 0.15) is 5.82 Å². The predicted molar refractivity (Wildman–Crippen MR) is 74.9 cm³/mol. The molecule has 1 aromatic carbocycles. The van der Waals surface area contributed by atoms with E-state index in [-0.39, 0.29) is 17.8 Å². The van der Waals surface area contributed by atoms with E-state index in [0.29, 0.717) is 24.8 Å². The normalized spacial score (nSPS) is 22.5. The third-order valence-electron chi connectivity index (χ3n) is 3.57. The molecule has 0 heterocycles. The number of hydrogen-bond donors (Lipinski definition) is 2. The molecule has 20 heavy (non-hydrogen) atoms. The molecule has 0 saturated heterocycles. The lowest BCUT2D eigenvalue weighted by atomic mass is 9.94. The Hall–Kier alpha value is -1.46. The molecule has 0 radical (unpaired) electrons. The molecule has 1 saturated carbocycles. The first-order chi connectivity index (χ1) is 9.65. The summed E-state index contributed by atoms with van der Waals surface area (Å²) in [7, 11) is 0. The van der Waals surface area contributed by atoms with Crippen molar-refractivity contribution in [1.82, 2.24) is 5.32 Å². The largest absolute Gasteiger partial charge is 0.376 e. The molecule has 1 aromatic rings. The molecule has 3 N–H and O–H groups in total. The Morgan fingerprint density at radius 2 is 1.90 bits per heavy atom. The van der Waals surface area contributed by atoms with Crippen molar-refractivity contribution in [2.45, 2.75) is 37.8 Å². The monoisotopic (exact) mass is 280 g/mol. The van der Waals surface area contributed by atoms with Crippen LogP contribution in [-0.2, 0) is 4.74 Å². The Morgan fingerprint density at radius 1 is 1.25 bits per heavy atom. The minimum atomic E-state index is -0.347. The van der Waals surface area contributed by atoms with Crippen LogP contribution in [0.25, 0.3) is 0 Å². The average Bonchev–Trinajstić information content (AvgIpc) is 2.46. The zero-order valence-electron chi connectivity index (χ0n) is 11.5. The van der Waals surface area contributed by atoms with E-state index in [1.165, 1.54) is 24.3 Å². The molecular formula is C15H21FN2O2. The molecule has 5 heteroatoms. The summed E-state index contributed by atoms with van der Waals surface area (Å²) in [6, 6.07) is 5.79. The van der Waals surface area contributed by atoms with Gasteiger partial charge in [0.15, 0.2) is 0 Å². The van der Waals surface area contributed by atoms with Crippen molar-refractivity contribution in [3.63, 3.8) is 0 Å². The number of ether oxygens (including phenoxy) is 1. The lowest BCUT2D eigenvalue weighted by Crippen LogP contribution is -2.33. The van der Waals surface area contributed by atoms with Gasteiger partial charge in [0.05, 0.1) is 12.7 Å². The molecular weight excluding hydrogens is 259 g/mol. The Labute approximate surface area is 118 Å². The molecule has 1 aliphatic rings. The Bertz CT molecular complexity index is 428. The van der Waals surface area contributed by atoms with Gasteiger partial charge in [-0.05, 0) is 49.9 Å². The Balaban J connectivity index is 1.63. The number of carbonyl (C=O) groups excluding carboxylic acids is 1. The highest BCUT2D eigenvalue weighted by Crippen LogP contribution is 2.19. The summed E-state index contributed by atoms with van der Waals surface area (Å²) in [6.07, 6.45) is 4.26. The van der Waals surface area contributed by atoms with Gasteiger partial charge in [0.25, 0.3) is 5.91 Å². The van der Waals surface area contributed by atoms with Crippen LogP contribution < -0.4 is 11.1 Å². The van der Waals surface area contributed by atoms with E-state index in [0.717, 1.165) is 25.7 Å². The van der Waals surface area contributed by atoms with Crippen molar-refractivity contribution >= 4 is 5.91 Å². The van der Waals surface area contributed by atoms with Gasteiger partial charge in [-0.3, -0.25) is 4.79 Å². The first kappa shape index (κ1) is 14.9. The predicted octanol–water partition coefficient (Wildman–Crippen LogP) is 1.84. The molecule has 110 valence electrons. The average molecular weight is 280 g/mol. The van der Waals surface area contributed by atoms with Gasteiger partial charge in [-0.2, -0.15) is 0 Å². The first-order valence-electron chi connectivity index (χ1n) is 7.06. The van der Waals surface area contributed by atoms with Crippen molar-refractivity contribution < 1.29 is 13.9 Å². The molecule has 0 spiro atoms. The molecule has 1 fully saturated rings. The standard InChI is InChI=1S/C15H21FN2O2/c16-12-3-1-11(2-4-12)15(19)18-9-10-20-14-7-5-13(17)6-8-14/h1-4,13-14H,5-10,17H2,(H,18,19). The molecule has 4 nitrogen and oxygen atoms in total. The number of rotatable bonds is 5.